The highest BCUT2D eigenvalue weighted by molar-refractivity contribution is 5.95. The van der Waals surface area contributed by atoms with Crippen LogP contribution in [0.25, 0.3) is 6.08 Å². The molecule has 11 heteroatoms. The Labute approximate surface area is 227 Å². The van der Waals surface area contributed by atoms with Gasteiger partial charge >= 0.3 is 18.5 Å². The number of ether oxygens (including phenoxy) is 2. The molecule has 3 aromatic rings. The maximum atomic E-state index is 13.0. The van der Waals surface area contributed by atoms with Crippen molar-refractivity contribution in [3.63, 3.8) is 0 Å². The molecule has 1 aliphatic heterocycles. The number of benzene rings is 3. The number of carboxylic acids is 1. The Morgan fingerprint density at radius 1 is 1.00 bits per heavy atom. The number of fused-ring (bicyclic) bond motifs is 1. The van der Waals surface area contributed by atoms with Gasteiger partial charge in [0.1, 0.15) is 11.5 Å². The molecule has 0 radical (unpaired) electrons. The SMILES string of the molecule is CCc1cc(OC(F)(F)F)cc2c1O[C@H](C(F)(F)F)C(C(=O)O)=C2.C[C@H](NCc1ccccc1)c1ccccc1. The van der Waals surface area contributed by atoms with Crippen LogP contribution in [0.2, 0.25) is 0 Å². The second-order valence-electron chi connectivity index (χ2n) is 8.85. The minimum absolute atomic E-state index is 0.0293. The van der Waals surface area contributed by atoms with Gasteiger partial charge in [0.15, 0.2) is 0 Å². The van der Waals surface area contributed by atoms with Gasteiger partial charge in [0, 0.05) is 18.2 Å². The van der Waals surface area contributed by atoms with Crippen LogP contribution in [-0.4, -0.2) is 29.7 Å². The third-order valence-corrected chi connectivity index (χ3v) is 5.91. The van der Waals surface area contributed by atoms with E-state index in [4.69, 9.17) is 9.84 Å². The first-order chi connectivity index (χ1) is 18.8. The molecule has 1 aliphatic rings. The molecule has 0 unspecified atom stereocenters. The number of rotatable bonds is 7. The van der Waals surface area contributed by atoms with E-state index in [9.17, 15) is 31.1 Å². The van der Waals surface area contributed by atoms with Gasteiger partial charge in [-0.1, -0.05) is 67.6 Å². The van der Waals surface area contributed by atoms with Crippen molar-refractivity contribution < 1.29 is 45.7 Å². The molecule has 3 aromatic carbocycles. The summed E-state index contributed by atoms with van der Waals surface area (Å²) in [5.74, 6) is -2.88. The fourth-order valence-electron chi connectivity index (χ4n) is 3.96. The van der Waals surface area contributed by atoms with E-state index in [0.717, 1.165) is 18.7 Å². The van der Waals surface area contributed by atoms with Crippen molar-refractivity contribution in [3.05, 3.63) is 101 Å². The standard InChI is InChI=1S/C15H17N.C14H10F6O4/c1-13(15-10-6-3-7-11-15)16-12-14-8-4-2-5-9-14;1-2-6-3-8(24-14(18,19)20)4-7-5-9(12(21)22)11(13(15,16)17)23-10(6)7/h2-11,13,16H,12H2,1H3;3-5,11H,2H2,1H3,(H,21,22)/t13-;11-/m00/s1. The van der Waals surface area contributed by atoms with Gasteiger partial charge in [-0.05, 0) is 48.2 Å². The maximum absolute atomic E-state index is 13.0. The topological polar surface area (TPSA) is 67.8 Å². The molecule has 1 heterocycles. The van der Waals surface area contributed by atoms with Crippen LogP contribution in [-0.2, 0) is 17.8 Å². The zero-order chi connectivity index (χ0) is 29.5. The lowest BCUT2D eigenvalue weighted by Crippen LogP contribution is -2.40. The summed E-state index contributed by atoms with van der Waals surface area (Å²) in [6, 6.07) is 23.1. The average Bonchev–Trinajstić information content (AvgIpc) is 2.90. The Morgan fingerprint density at radius 2 is 1.60 bits per heavy atom. The molecule has 0 spiro atoms. The van der Waals surface area contributed by atoms with Gasteiger partial charge in [-0.3, -0.25) is 0 Å². The van der Waals surface area contributed by atoms with Crippen molar-refractivity contribution >= 4 is 12.0 Å². The Bertz CT molecular complexity index is 1310. The Balaban J connectivity index is 0.000000238. The van der Waals surface area contributed by atoms with Crippen LogP contribution < -0.4 is 14.8 Å². The maximum Gasteiger partial charge on any atom is 0.573 e. The Morgan fingerprint density at radius 3 is 2.12 bits per heavy atom. The monoisotopic (exact) mass is 567 g/mol. The molecule has 214 valence electrons. The van der Waals surface area contributed by atoms with E-state index >= 15 is 0 Å². The predicted octanol–water partition coefficient (Wildman–Crippen LogP) is 7.48. The fraction of sp³-hybridized carbons (Fsp3) is 0.276. The first kappa shape index (κ1) is 30.6. The van der Waals surface area contributed by atoms with Crippen molar-refractivity contribution in [1.29, 1.82) is 0 Å². The number of aryl methyl sites for hydroxylation is 1. The number of carboxylic acid groups (broad SMARTS) is 1. The van der Waals surface area contributed by atoms with Crippen LogP contribution in [0.4, 0.5) is 26.3 Å². The highest BCUT2D eigenvalue weighted by Crippen LogP contribution is 2.41. The number of aliphatic carboxylic acids is 1. The van der Waals surface area contributed by atoms with Gasteiger partial charge in [0.25, 0.3) is 0 Å². The first-order valence-electron chi connectivity index (χ1n) is 12.2. The molecular weight excluding hydrogens is 540 g/mol. The number of halogens is 6. The molecule has 4 rings (SSSR count). The minimum Gasteiger partial charge on any atom is -0.478 e. The smallest absolute Gasteiger partial charge is 0.478 e. The Hall–Kier alpha value is -3.99. The van der Waals surface area contributed by atoms with Gasteiger partial charge in [-0.15, -0.1) is 13.2 Å². The zero-order valence-corrected chi connectivity index (χ0v) is 21.5. The third-order valence-electron chi connectivity index (χ3n) is 5.91. The van der Waals surface area contributed by atoms with Crippen molar-refractivity contribution in [3.8, 4) is 11.5 Å². The van der Waals surface area contributed by atoms with Crippen LogP contribution in [0.1, 0.15) is 42.1 Å². The number of carbonyl (C=O) groups is 1. The van der Waals surface area contributed by atoms with Crippen molar-refractivity contribution in [2.75, 3.05) is 0 Å². The van der Waals surface area contributed by atoms with Crippen molar-refractivity contribution in [1.82, 2.24) is 5.32 Å². The lowest BCUT2D eigenvalue weighted by atomic mass is 9.97. The van der Waals surface area contributed by atoms with Crippen LogP contribution in [0.3, 0.4) is 0 Å². The molecule has 2 atom stereocenters. The quantitative estimate of drug-likeness (QED) is 0.290. The summed E-state index contributed by atoms with van der Waals surface area (Å²) in [4.78, 5) is 11.0. The van der Waals surface area contributed by atoms with Crippen molar-refractivity contribution in [2.24, 2.45) is 0 Å². The highest BCUT2D eigenvalue weighted by Gasteiger charge is 2.49. The number of nitrogens with one attached hydrogen (secondary N) is 1. The molecule has 5 nitrogen and oxygen atoms in total. The number of hydrogen-bond acceptors (Lipinski definition) is 4. The molecule has 0 saturated carbocycles. The molecule has 0 fully saturated rings. The lowest BCUT2D eigenvalue weighted by Gasteiger charge is -2.28. The van der Waals surface area contributed by atoms with Gasteiger partial charge in [0.2, 0.25) is 6.10 Å². The van der Waals surface area contributed by atoms with E-state index in [1.165, 1.54) is 18.1 Å². The minimum atomic E-state index is -5.00. The third kappa shape index (κ3) is 8.51. The van der Waals surface area contributed by atoms with Gasteiger partial charge in [-0.2, -0.15) is 13.2 Å². The molecule has 0 amide bonds. The summed E-state index contributed by atoms with van der Waals surface area (Å²) in [6.07, 6.45) is -12.0. The van der Waals surface area contributed by atoms with Crippen LogP contribution in [0.5, 0.6) is 11.5 Å². The van der Waals surface area contributed by atoms with Gasteiger partial charge < -0.3 is 19.9 Å². The van der Waals surface area contributed by atoms with Crippen LogP contribution in [0.15, 0.2) is 78.4 Å². The van der Waals surface area contributed by atoms with Crippen LogP contribution in [0, 0.1) is 0 Å². The van der Waals surface area contributed by atoms with Gasteiger partial charge in [-0.25, -0.2) is 4.79 Å². The van der Waals surface area contributed by atoms with E-state index in [2.05, 4.69) is 65.5 Å². The molecule has 0 aliphatic carbocycles. The predicted molar refractivity (Wildman–Crippen MR) is 137 cm³/mol. The first-order valence-corrected chi connectivity index (χ1v) is 12.2. The van der Waals surface area contributed by atoms with E-state index in [1.54, 1.807) is 0 Å². The largest absolute Gasteiger partial charge is 0.573 e. The fourth-order valence-corrected chi connectivity index (χ4v) is 3.96. The summed E-state index contributed by atoms with van der Waals surface area (Å²) >= 11 is 0. The summed E-state index contributed by atoms with van der Waals surface area (Å²) in [7, 11) is 0. The lowest BCUT2D eigenvalue weighted by molar-refractivity contribution is -0.274. The number of alkyl halides is 6. The summed E-state index contributed by atoms with van der Waals surface area (Å²) in [5, 5.41) is 12.4. The van der Waals surface area contributed by atoms with E-state index in [1.807, 2.05) is 12.1 Å². The molecular formula is C29H27F6NO4. The molecule has 2 N–H and O–H groups in total. The zero-order valence-electron chi connectivity index (χ0n) is 21.5. The highest BCUT2D eigenvalue weighted by atomic mass is 19.4. The average molecular weight is 568 g/mol. The molecule has 0 saturated heterocycles. The van der Waals surface area contributed by atoms with Crippen LogP contribution >= 0.6 is 0 Å². The summed E-state index contributed by atoms with van der Waals surface area (Å²) in [6.45, 7) is 4.60. The second-order valence-corrected chi connectivity index (χ2v) is 8.85. The normalized spacial score (nSPS) is 15.5. The summed E-state index contributed by atoms with van der Waals surface area (Å²) in [5.41, 5.74) is 1.33. The molecule has 0 aromatic heterocycles. The van der Waals surface area contributed by atoms with Gasteiger partial charge in [0.05, 0.1) is 5.57 Å². The number of hydrogen-bond donors (Lipinski definition) is 2. The summed E-state index contributed by atoms with van der Waals surface area (Å²) < 4.78 is 84.4. The van der Waals surface area contributed by atoms with Crippen molar-refractivity contribution in [2.45, 2.75) is 51.5 Å². The molecule has 0 bridgehead atoms. The molecule has 40 heavy (non-hydrogen) atoms. The Kier molecular flexibility index (Phi) is 9.86. The van der Waals surface area contributed by atoms with E-state index in [0.29, 0.717) is 12.1 Å². The van der Waals surface area contributed by atoms with E-state index in [-0.39, 0.29) is 23.3 Å². The van der Waals surface area contributed by atoms with E-state index < -0.39 is 35.9 Å². The second kappa shape index (κ2) is 12.9.